The topological polar surface area (TPSA) is 0 Å². The molecule has 2 aliphatic carbocycles. The van der Waals surface area contributed by atoms with E-state index in [1.54, 1.807) is 0 Å². The standard InChI is InChI=1S/C50H42/c1-32-12-4-7-15-41(32)50(33(2)38-26-27-40-30-39-14-6-9-17-46(39)49(40)31-38)37-24-22-36(23-25-37)45-20-11-21-47-43-19-10-18-42(34(43)3)44-16-8-5-13-35(44)28-29-48(45)47/h4-27,31,33,50H,28-30H2,1-3H3. The molecule has 0 aliphatic heterocycles. The monoisotopic (exact) mass is 642 g/mol. The molecule has 0 saturated carbocycles. The van der Waals surface area contributed by atoms with Crippen molar-refractivity contribution in [2.45, 2.75) is 51.9 Å². The predicted octanol–water partition coefficient (Wildman–Crippen LogP) is 12.9. The van der Waals surface area contributed by atoms with Crippen molar-refractivity contribution in [3.63, 3.8) is 0 Å². The first kappa shape index (κ1) is 30.6. The molecule has 50 heavy (non-hydrogen) atoms. The molecular weight excluding hydrogens is 601 g/mol. The van der Waals surface area contributed by atoms with E-state index in [1.807, 2.05) is 0 Å². The van der Waals surface area contributed by atoms with Crippen molar-refractivity contribution in [1.82, 2.24) is 0 Å². The average Bonchev–Trinajstić information content (AvgIpc) is 3.53. The van der Waals surface area contributed by atoms with Gasteiger partial charge < -0.3 is 0 Å². The molecule has 0 nitrogen and oxygen atoms in total. The van der Waals surface area contributed by atoms with Gasteiger partial charge in [0.1, 0.15) is 0 Å². The molecule has 2 bridgehead atoms. The van der Waals surface area contributed by atoms with E-state index in [4.69, 9.17) is 0 Å². The van der Waals surface area contributed by atoms with Crippen LogP contribution in [-0.2, 0) is 19.3 Å². The van der Waals surface area contributed by atoms with Gasteiger partial charge in [-0.1, -0.05) is 159 Å². The van der Waals surface area contributed by atoms with Crippen molar-refractivity contribution in [3.05, 3.63) is 202 Å². The molecule has 7 aromatic carbocycles. The van der Waals surface area contributed by atoms with Crippen LogP contribution in [0.5, 0.6) is 0 Å². The van der Waals surface area contributed by atoms with Crippen LogP contribution in [0.15, 0.2) is 152 Å². The second-order valence-corrected chi connectivity index (χ2v) is 14.5. The van der Waals surface area contributed by atoms with E-state index < -0.39 is 0 Å². The number of benzene rings is 7. The molecule has 0 heteroatoms. The zero-order valence-electron chi connectivity index (χ0n) is 29.2. The lowest BCUT2D eigenvalue weighted by atomic mass is 9.76. The third kappa shape index (κ3) is 5.14. The molecule has 242 valence electrons. The lowest BCUT2D eigenvalue weighted by Gasteiger charge is -2.28. The van der Waals surface area contributed by atoms with E-state index in [1.165, 1.54) is 94.6 Å². The van der Waals surface area contributed by atoms with Gasteiger partial charge in [-0.3, -0.25) is 0 Å². The van der Waals surface area contributed by atoms with Crippen LogP contribution in [0.2, 0.25) is 0 Å². The van der Waals surface area contributed by atoms with Gasteiger partial charge in [0.15, 0.2) is 0 Å². The number of aryl methyl sites for hydroxylation is 2. The Morgan fingerprint density at radius 1 is 0.440 bits per heavy atom. The van der Waals surface area contributed by atoms with Crippen LogP contribution in [0.4, 0.5) is 0 Å². The van der Waals surface area contributed by atoms with Crippen LogP contribution in [0.3, 0.4) is 0 Å². The Morgan fingerprint density at radius 3 is 1.80 bits per heavy atom. The molecule has 2 aliphatic rings. The third-order valence-corrected chi connectivity index (χ3v) is 11.7. The maximum atomic E-state index is 2.48. The molecule has 0 saturated heterocycles. The van der Waals surface area contributed by atoms with Crippen LogP contribution in [0.1, 0.15) is 68.8 Å². The average molecular weight is 643 g/mol. The summed E-state index contributed by atoms with van der Waals surface area (Å²) < 4.78 is 0. The van der Waals surface area contributed by atoms with Gasteiger partial charge in [0.05, 0.1) is 0 Å². The van der Waals surface area contributed by atoms with Gasteiger partial charge in [0.25, 0.3) is 0 Å². The zero-order valence-corrected chi connectivity index (χ0v) is 29.2. The maximum Gasteiger partial charge on any atom is 0.0158 e. The second kappa shape index (κ2) is 12.5. The minimum absolute atomic E-state index is 0.238. The Balaban J connectivity index is 1.12. The minimum Gasteiger partial charge on any atom is -0.0620 e. The summed E-state index contributed by atoms with van der Waals surface area (Å²) in [5, 5.41) is 0. The summed E-state index contributed by atoms with van der Waals surface area (Å²) in [6.45, 7) is 6.98. The highest BCUT2D eigenvalue weighted by molar-refractivity contribution is 5.85. The van der Waals surface area contributed by atoms with Crippen molar-refractivity contribution in [2.24, 2.45) is 0 Å². The molecule has 0 amide bonds. The molecule has 0 N–H and O–H groups in total. The molecular formula is C50H42. The summed E-state index contributed by atoms with van der Waals surface area (Å²) in [7, 11) is 0. The highest BCUT2D eigenvalue weighted by Gasteiger charge is 2.27. The number of fused-ring (bicyclic) bond motifs is 9. The fourth-order valence-electron chi connectivity index (χ4n) is 9.02. The number of hydrogen-bond donors (Lipinski definition) is 0. The maximum absolute atomic E-state index is 2.48. The summed E-state index contributed by atoms with van der Waals surface area (Å²) >= 11 is 0. The van der Waals surface area contributed by atoms with E-state index in [2.05, 4.69) is 172 Å². The minimum atomic E-state index is 0.238. The van der Waals surface area contributed by atoms with E-state index in [9.17, 15) is 0 Å². The van der Waals surface area contributed by atoms with Gasteiger partial charge in [-0.25, -0.2) is 0 Å². The molecule has 0 spiro atoms. The van der Waals surface area contributed by atoms with Crippen molar-refractivity contribution >= 4 is 0 Å². The van der Waals surface area contributed by atoms with E-state index >= 15 is 0 Å². The lowest BCUT2D eigenvalue weighted by molar-refractivity contribution is 0.654. The molecule has 9 rings (SSSR count). The second-order valence-electron chi connectivity index (χ2n) is 14.5. The van der Waals surface area contributed by atoms with Gasteiger partial charge in [0.2, 0.25) is 0 Å². The summed E-state index contributed by atoms with van der Waals surface area (Å²) in [5.41, 5.74) is 23.5. The Labute approximate surface area is 297 Å². The van der Waals surface area contributed by atoms with E-state index in [-0.39, 0.29) is 5.92 Å². The molecule has 0 radical (unpaired) electrons. The van der Waals surface area contributed by atoms with Crippen molar-refractivity contribution in [2.75, 3.05) is 0 Å². The highest BCUT2D eigenvalue weighted by Crippen LogP contribution is 2.45. The quantitative estimate of drug-likeness (QED) is 0.175. The highest BCUT2D eigenvalue weighted by atomic mass is 14.3. The molecule has 7 aromatic rings. The van der Waals surface area contributed by atoms with Crippen LogP contribution in [0, 0.1) is 13.8 Å². The van der Waals surface area contributed by atoms with Crippen LogP contribution < -0.4 is 0 Å². The summed E-state index contributed by atoms with van der Waals surface area (Å²) in [5.74, 6) is 0.539. The molecule has 0 fully saturated rings. The largest absolute Gasteiger partial charge is 0.0620 e. The van der Waals surface area contributed by atoms with Crippen molar-refractivity contribution in [3.8, 4) is 44.5 Å². The SMILES string of the molecule is Cc1ccccc1C(c1ccc(-c2cccc3c2CCc2ccccc2-c2cccc-3c2C)cc1)C(C)c1ccc2c(c1)-c1ccccc1C2. The predicted molar refractivity (Wildman–Crippen MR) is 211 cm³/mol. The molecule has 0 aromatic heterocycles. The fraction of sp³-hybridized carbons (Fsp3) is 0.160. The van der Waals surface area contributed by atoms with Gasteiger partial charge >= 0.3 is 0 Å². The van der Waals surface area contributed by atoms with Crippen LogP contribution >= 0.6 is 0 Å². The first-order valence-electron chi connectivity index (χ1n) is 18.2. The Hall–Kier alpha value is -5.46. The van der Waals surface area contributed by atoms with Gasteiger partial charge in [-0.05, 0) is 134 Å². The summed E-state index contributed by atoms with van der Waals surface area (Å²) in [6.07, 6.45) is 3.06. The molecule has 2 unspecified atom stereocenters. The Kier molecular flexibility index (Phi) is 7.62. The fourth-order valence-corrected chi connectivity index (χ4v) is 9.02. The lowest BCUT2D eigenvalue weighted by Crippen LogP contribution is -2.12. The number of hydrogen-bond acceptors (Lipinski definition) is 0. The van der Waals surface area contributed by atoms with Crippen molar-refractivity contribution < 1.29 is 0 Å². The number of rotatable bonds is 5. The first-order valence-corrected chi connectivity index (χ1v) is 18.2. The zero-order chi connectivity index (χ0) is 33.8. The van der Waals surface area contributed by atoms with E-state index in [0.29, 0.717) is 5.92 Å². The van der Waals surface area contributed by atoms with Gasteiger partial charge in [-0.2, -0.15) is 0 Å². The normalized spacial score (nSPS) is 13.9. The summed E-state index contributed by atoms with van der Waals surface area (Å²) in [6, 6.07) is 57.4. The van der Waals surface area contributed by atoms with Crippen LogP contribution in [0.25, 0.3) is 44.5 Å². The summed E-state index contributed by atoms with van der Waals surface area (Å²) in [4.78, 5) is 0. The first-order chi connectivity index (χ1) is 24.5. The molecule has 2 atom stereocenters. The van der Waals surface area contributed by atoms with E-state index in [0.717, 1.165) is 19.3 Å². The molecule has 0 heterocycles. The smallest absolute Gasteiger partial charge is 0.0158 e. The van der Waals surface area contributed by atoms with Gasteiger partial charge in [0, 0.05) is 5.92 Å². The van der Waals surface area contributed by atoms with Crippen LogP contribution in [-0.4, -0.2) is 0 Å². The Bertz CT molecular complexity index is 2390. The Morgan fingerprint density at radius 2 is 1.02 bits per heavy atom. The van der Waals surface area contributed by atoms with Gasteiger partial charge in [-0.15, -0.1) is 0 Å². The third-order valence-electron chi connectivity index (χ3n) is 11.7. The van der Waals surface area contributed by atoms with Crippen molar-refractivity contribution in [1.29, 1.82) is 0 Å².